The van der Waals surface area contributed by atoms with Crippen molar-refractivity contribution < 1.29 is 4.79 Å². The normalized spacial score (nSPS) is 11.9. The molecule has 0 bridgehead atoms. The van der Waals surface area contributed by atoms with Gasteiger partial charge >= 0.3 is 0 Å². The van der Waals surface area contributed by atoms with E-state index in [-0.39, 0.29) is 11.0 Å². The van der Waals surface area contributed by atoms with Gasteiger partial charge in [0.1, 0.15) is 0 Å². The van der Waals surface area contributed by atoms with Gasteiger partial charge in [0.25, 0.3) is 0 Å². The van der Waals surface area contributed by atoms with Crippen molar-refractivity contribution in [3.05, 3.63) is 65.7 Å². The fourth-order valence-electron chi connectivity index (χ4n) is 2.30. The Kier molecular flexibility index (Phi) is 5.83. The molecule has 0 spiro atoms. The van der Waals surface area contributed by atoms with Crippen LogP contribution in [0.1, 0.15) is 29.8 Å². The summed E-state index contributed by atoms with van der Waals surface area (Å²) in [4.78, 5) is 12.4. The first-order valence-corrected chi connectivity index (χ1v) is 9.80. The zero-order valence-corrected chi connectivity index (χ0v) is 15.7. The molecule has 25 heavy (non-hydrogen) atoms. The van der Waals surface area contributed by atoms with Crippen LogP contribution in [0.2, 0.25) is 0 Å². The first-order valence-electron chi connectivity index (χ1n) is 8.11. The van der Waals surface area contributed by atoms with Crippen LogP contribution in [0.3, 0.4) is 0 Å². The minimum atomic E-state index is -0.202. The van der Waals surface area contributed by atoms with E-state index < -0.39 is 0 Å². The van der Waals surface area contributed by atoms with E-state index in [4.69, 9.17) is 0 Å². The molecule has 2 aromatic carbocycles. The molecular weight excluding hydrogens is 350 g/mol. The van der Waals surface area contributed by atoms with Crippen LogP contribution in [-0.4, -0.2) is 21.2 Å². The van der Waals surface area contributed by atoms with Gasteiger partial charge in [-0.2, -0.15) is 0 Å². The summed E-state index contributed by atoms with van der Waals surface area (Å²) in [5, 5.41) is 12.1. The van der Waals surface area contributed by atoms with E-state index in [1.807, 2.05) is 49.4 Å². The van der Waals surface area contributed by atoms with Crippen molar-refractivity contribution in [1.29, 1.82) is 0 Å². The molecule has 0 aliphatic heterocycles. The van der Waals surface area contributed by atoms with Crippen LogP contribution in [0.25, 0.3) is 0 Å². The molecule has 0 radical (unpaired) electrons. The summed E-state index contributed by atoms with van der Waals surface area (Å²) in [5.74, 6) is 0.102. The number of carbonyl (C=O) groups is 1. The lowest BCUT2D eigenvalue weighted by Crippen LogP contribution is -2.13. The van der Waals surface area contributed by atoms with Gasteiger partial charge in [-0.15, -0.1) is 10.2 Å². The van der Waals surface area contributed by atoms with Gasteiger partial charge in [0, 0.05) is 11.3 Å². The number of hydrogen-bond acceptors (Lipinski definition) is 6. The average Bonchev–Trinajstić information content (AvgIpc) is 3.09. The monoisotopic (exact) mass is 369 g/mol. The third kappa shape index (κ3) is 4.67. The first-order chi connectivity index (χ1) is 12.2. The molecule has 1 atom stereocenters. The molecular formula is C19H19N3OS2. The lowest BCUT2D eigenvalue weighted by molar-refractivity contribution is 0.0994. The molecule has 0 amide bonds. The molecule has 0 aliphatic carbocycles. The number of aromatic nitrogens is 2. The van der Waals surface area contributed by atoms with Gasteiger partial charge in [-0.3, -0.25) is 4.79 Å². The zero-order chi connectivity index (χ0) is 17.6. The smallest absolute Gasteiger partial charge is 0.210 e. The van der Waals surface area contributed by atoms with E-state index in [0.29, 0.717) is 0 Å². The minimum Gasteiger partial charge on any atom is -0.330 e. The van der Waals surface area contributed by atoms with Crippen LogP contribution in [0.5, 0.6) is 0 Å². The Morgan fingerprint density at radius 1 is 1.12 bits per heavy atom. The molecule has 3 rings (SSSR count). The summed E-state index contributed by atoms with van der Waals surface area (Å²) in [7, 11) is 0. The molecule has 3 aromatic rings. The van der Waals surface area contributed by atoms with Crippen LogP contribution >= 0.6 is 23.1 Å². The second kappa shape index (κ2) is 8.27. The molecule has 0 aliphatic rings. The SMILES string of the molecule is CCc1ccc(Nc2nnc(S[C@H](C)C(=O)c3ccccc3)s2)cc1. The van der Waals surface area contributed by atoms with E-state index in [1.54, 1.807) is 0 Å². The van der Waals surface area contributed by atoms with Crippen molar-refractivity contribution in [2.75, 3.05) is 5.32 Å². The maximum absolute atomic E-state index is 12.4. The number of nitrogens with one attached hydrogen (secondary N) is 1. The van der Waals surface area contributed by atoms with Crippen LogP contribution < -0.4 is 5.32 Å². The van der Waals surface area contributed by atoms with Crippen LogP contribution in [0.4, 0.5) is 10.8 Å². The molecule has 0 fully saturated rings. The highest BCUT2D eigenvalue weighted by molar-refractivity contribution is 8.02. The summed E-state index contributed by atoms with van der Waals surface area (Å²) < 4.78 is 0.782. The number of thioether (sulfide) groups is 1. The molecule has 128 valence electrons. The maximum Gasteiger partial charge on any atom is 0.210 e. The predicted octanol–water partition coefficient (Wildman–Crippen LogP) is 5.21. The number of benzene rings is 2. The minimum absolute atomic E-state index is 0.102. The summed E-state index contributed by atoms with van der Waals surface area (Å²) in [6, 6.07) is 17.6. The average molecular weight is 370 g/mol. The molecule has 0 saturated carbocycles. The number of Topliss-reactive ketones (excluding diaryl/α,β-unsaturated/α-hetero) is 1. The second-order valence-corrected chi connectivity index (χ2v) is 8.10. The Labute approximate surface area is 155 Å². The van der Waals surface area contributed by atoms with Crippen LogP contribution in [0.15, 0.2) is 58.9 Å². The van der Waals surface area contributed by atoms with Crippen molar-refractivity contribution in [2.24, 2.45) is 0 Å². The van der Waals surface area contributed by atoms with E-state index in [9.17, 15) is 4.79 Å². The standard InChI is InChI=1S/C19H19N3OS2/c1-3-14-9-11-16(12-10-14)20-18-21-22-19(25-18)24-13(2)17(23)15-7-5-4-6-8-15/h4-13H,3H2,1-2H3,(H,20,21)/t13-/m1/s1. The maximum atomic E-state index is 12.4. The van der Waals surface area contributed by atoms with Gasteiger partial charge in [0.2, 0.25) is 5.13 Å². The second-order valence-electron chi connectivity index (χ2n) is 5.54. The topological polar surface area (TPSA) is 54.9 Å². The molecule has 1 N–H and O–H groups in total. The molecule has 4 nitrogen and oxygen atoms in total. The van der Waals surface area contributed by atoms with Crippen molar-refractivity contribution in [3.8, 4) is 0 Å². The Hall–Kier alpha value is -2.18. The van der Waals surface area contributed by atoms with Gasteiger partial charge < -0.3 is 5.32 Å². The highest BCUT2D eigenvalue weighted by atomic mass is 32.2. The van der Waals surface area contributed by atoms with Gasteiger partial charge in [0.05, 0.1) is 5.25 Å². The van der Waals surface area contributed by atoms with Crippen LogP contribution in [0, 0.1) is 0 Å². The summed E-state index contributed by atoms with van der Waals surface area (Å²) >= 11 is 2.90. The largest absolute Gasteiger partial charge is 0.330 e. The van der Waals surface area contributed by atoms with Gasteiger partial charge in [0.15, 0.2) is 10.1 Å². The Balaban J connectivity index is 1.62. The number of anilines is 2. The lowest BCUT2D eigenvalue weighted by Gasteiger charge is -2.07. The number of rotatable bonds is 7. The Morgan fingerprint density at radius 2 is 1.84 bits per heavy atom. The highest BCUT2D eigenvalue weighted by Crippen LogP contribution is 2.31. The van der Waals surface area contributed by atoms with E-state index in [0.717, 1.165) is 27.1 Å². The zero-order valence-electron chi connectivity index (χ0n) is 14.1. The van der Waals surface area contributed by atoms with Gasteiger partial charge in [-0.05, 0) is 31.0 Å². The molecule has 1 heterocycles. The first kappa shape index (κ1) is 17.6. The number of hydrogen-bond donors (Lipinski definition) is 1. The number of nitrogens with zero attached hydrogens (tertiary/aromatic N) is 2. The van der Waals surface area contributed by atoms with Crippen molar-refractivity contribution >= 4 is 39.7 Å². The quantitative estimate of drug-likeness (QED) is 0.458. The molecule has 0 unspecified atom stereocenters. The summed E-state index contributed by atoms with van der Waals surface area (Å²) in [5.41, 5.74) is 3.01. The van der Waals surface area contributed by atoms with Gasteiger partial charge in [-0.25, -0.2) is 0 Å². The van der Waals surface area contributed by atoms with Crippen LogP contribution in [-0.2, 0) is 6.42 Å². The Bertz CT molecular complexity index is 831. The fraction of sp³-hybridized carbons (Fsp3) is 0.211. The summed E-state index contributed by atoms with van der Waals surface area (Å²) in [6.45, 7) is 4.03. The molecule has 1 aromatic heterocycles. The summed E-state index contributed by atoms with van der Waals surface area (Å²) in [6.07, 6.45) is 1.02. The van der Waals surface area contributed by atoms with E-state index >= 15 is 0 Å². The number of ketones is 1. The predicted molar refractivity (Wildman–Crippen MR) is 105 cm³/mol. The van der Waals surface area contributed by atoms with Crippen molar-refractivity contribution in [1.82, 2.24) is 10.2 Å². The van der Waals surface area contributed by atoms with Crippen molar-refractivity contribution in [3.63, 3.8) is 0 Å². The lowest BCUT2D eigenvalue weighted by atomic mass is 10.1. The highest BCUT2D eigenvalue weighted by Gasteiger charge is 2.18. The molecule has 0 saturated heterocycles. The third-order valence-electron chi connectivity index (χ3n) is 3.73. The molecule has 6 heteroatoms. The number of aryl methyl sites for hydroxylation is 1. The van der Waals surface area contributed by atoms with E-state index in [2.05, 4.69) is 34.6 Å². The van der Waals surface area contributed by atoms with Crippen molar-refractivity contribution in [2.45, 2.75) is 29.9 Å². The third-order valence-corrected chi connectivity index (χ3v) is 5.75. The fourth-order valence-corrected chi connectivity index (χ4v) is 4.29. The Morgan fingerprint density at radius 3 is 2.52 bits per heavy atom. The number of carbonyl (C=O) groups excluding carboxylic acids is 1. The van der Waals surface area contributed by atoms with E-state index in [1.165, 1.54) is 28.7 Å². The van der Waals surface area contributed by atoms with Gasteiger partial charge in [-0.1, -0.05) is 72.5 Å².